The van der Waals surface area contributed by atoms with Crippen LogP contribution in [0.1, 0.15) is 0 Å². The minimum Gasteiger partial charge on any atom is -0.363 e. The van der Waals surface area contributed by atoms with Crippen LogP contribution < -0.4 is 10.6 Å². The predicted molar refractivity (Wildman–Crippen MR) is 50.9 cm³/mol. The molecular weight excluding hydrogens is 174 g/mol. The number of aromatic nitrogens is 1. The molecule has 2 N–H and O–H groups in total. The summed E-state index contributed by atoms with van der Waals surface area (Å²) in [4.78, 5) is 0. The minimum atomic E-state index is 0.504. The van der Waals surface area contributed by atoms with Gasteiger partial charge in [-0.3, -0.25) is 0 Å². The zero-order chi connectivity index (χ0) is 8.81. The molecular formula is C7H9N3OS. The summed E-state index contributed by atoms with van der Waals surface area (Å²) in [6.07, 6.45) is 3.19. The van der Waals surface area contributed by atoms with Gasteiger partial charge in [-0.15, -0.1) is 6.58 Å². The van der Waals surface area contributed by atoms with Gasteiger partial charge in [-0.25, -0.2) is 0 Å². The first-order valence-electron chi connectivity index (χ1n) is 3.39. The van der Waals surface area contributed by atoms with Crippen molar-refractivity contribution in [3.63, 3.8) is 0 Å². The molecule has 4 nitrogen and oxygen atoms in total. The zero-order valence-corrected chi connectivity index (χ0v) is 7.23. The van der Waals surface area contributed by atoms with Crippen molar-refractivity contribution in [3.05, 3.63) is 25.0 Å². The molecule has 0 aliphatic heterocycles. The van der Waals surface area contributed by atoms with E-state index in [1.54, 1.807) is 12.1 Å². The van der Waals surface area contributed by atoms with Crippen molar-refractivity contribution < 1.29 is 4.52 Å². The first-order chi connectivity index (χ1) is 5.83. The number of thiocarbonyl (C=S) groups is 1. The summed E-state index contributed by atoms with van der Waals surface area (Å²) in [6.45, 7) is 4.17. The van der Waals surface area contributed by atoms with Crippen LogP contribution in [-0.4, -0.2) is 16.8 Å². The maximum absolute atomic E-state index is 4.92. The summed E-state index contributed by atoms with van der Waals surface area (Å²) in [5, 5.41) is 9.84. The molecule has 1 aromatic rings. The van der Waals surface area contributed by atoms with E-state index in [9.17, 15) is 0 Å². The average molecular weight is 183 g/mol. The van der Waals surface area contributed by atoms with E-state index >= 15 is 0 Å². The largest absolute Gasteiger partial charge is 0.363 e. The highest BCUT2D eigenvalue weighted by Crippen LogP contribution is 1.99. The predicted octanol–water partition coefficient (Wildman–Crippen LogP) is 1.15. The molecule has 0 spiro atoms. The summed E-state index contributed by atoms with van der Waals surface area (Å²) in [6, 6.07) is 1.68. The normalized spacial score (nSPS) is 9.00. The van der Waals surface area contributed by atoms with Gasteiger partial charge < -0.3 is 15.2 Å². The molecule has 1 aromatic heterocycles. The van der Waals surface area contributed by atoms with E-state index in [0.29, 0.717) is 17.5 Å². The smallest absolute Gasteiger partial charge is 0.175 e. The SMILES string of the molecule is C=CCNC(=S)Nc1ccon1. The van der Waals surface area contributed by atoms with Crippen molar-refractivity contribution in [3.8, 4) is 0 Å². The summed E-state index contributed by atoms with van der Waals surface area (Å²) in [5.74, 6) is 0.594. The third-order valence-electron chi connectivity index (χ3n) is 1.09. The van der Waals surface area contributed by atoms with Crippen LogP contribution in [0, 0.1) is 0 Å². The Morgan fingerprint density at radius 3 is 3.25 bits per heavy atom. The fourth-order valence-corrected chi connectivity index (χ4v) is 0.790. The number of nitrogens with zero attached hydrogens (tertiary/aromatic N) is 1. The molecule has 0 aliphatic rings. The molecule has 0 amide bonds. The van der Waals surface area contributed by atoms with Crippen molar-refractivity contribution in [1.29, 1.82) is 0 Å². The molecule has 1 heterocycles. The van der Waals surface area contributed by atoms with Crippen molar-refractivity contribution in [2.45, 2.75) is 0 Å². The molecule has 0 radical (unpaired) electrons. The summed E-state index contributed by atoms with van der Waals surface area (Å²) < 4.78 is 4.60. The third-order valence-corrected chi connectivity index (χ3v) is 1.33. The van der Waals surface area contributed by atoms with Crippen molar-refractivity contribution in [1.82, 2.24) is 10.5 Å². The number of rotatable bonds is 3. The van der Waals surface area contributed by atoms with Gasteiger partial charge >= 0.3 is 0 Å². The van der Waals surface area contributed by atoms with Crippen LogP contribution in [0.25, 0.3) is 0 Å². The Kier molecular flexibility index (Phi) is 3.28. The minimum absolute atomic E-state index is 0.504. The number of hydrogen-bond donors (Lipinski definition) is 2. The molecule has 0 atom stereocenters. The van der Waals surface area contributed by atoms with Crippen LogP contribution in [0.5, 0.6) is 0 Å². The standard InChI is InChI=1S/C7H9N3OS/c1-2-4-8-7(12)9-6-3-5-11-10-6/h2-3,5H,1,4H2,(H2,8,9,10,12). The van der Waals surface area contributed by atoms with Gasteiger partial charge in [0.2, 0.25) is 0 Å². The van der Waals surface area contributed by atoms with Crippen molar-refractivity contribution >= 4 is 23.1 Å². The average Bonchev–Trinajstić information content (AvgIpc) is 2.53. The molecule has 0 saturated carbocycles. The van der Waals surface area contributed by atoms with Crippen LogP contribution >= 0.6 is 12.2 Å². The van der Waals surface area contributed by atoms with Crippen LogP contribution in [0.4, 0.5) is 5.82 Å². The zero-order valence-electron chi connectivity index (χ0n) is 6.41. The van der Waals surface area contributed by atoms with E-state index in [0.717, 1.165) is 0 Å². The van der Waals surface area contributed by atoms with Gasteiger partial charge in [-0.1, -0.05) is 11.2 Å². The van der Waals surface area contributed by atoms with E-state index in [1.807, 2.05) is 0 Å². The van der Waals surface area contributed by atoms with Crippen molar-refractivity contribution in [2.24, 2.45) is 0 Å². The molecule has 0 saturated heterocycles. The molecule has 0 aromatic carbocycles. The lowest BCUT2D eigenvalue weighted by Gasteiger charge is -2.04. The molecule has 64 valence electrons. The molecule has 0 bridgehead atoms. The Balaban J connectivity index is 2.32. The van der Waals surface area contributed by atoms with Gasteiger partial charge in [-0.2, -0.15) is 0 Å². The molecule has 5 heteroatoms. The second-order valence-corrected chi connectivity index (χ2v) is 2.42. The number of nitrogens with one attached hydrogen (secondary N) is 2. The van der Waals surface area contributed by atoms with Crippen LogP contribution in [0.2, 0.25) is 0 Å². The third kappa shape index (κ3) is 2.71. The fraction of sp³-hybridized carbons (Fsp3) is 0.143. The highest BCUT2D eigenvalue weighted by molar-refractivity contribution is 7.80. The Hall–Kier alpha value is -1.36. The summed E-state index contributed by atoms with van der Waals surface area (Å²) >= 11 is 4.92. The Morgan fingerprint density at radius 2 is 2.67 bits per heavy atom. The van der Waals surface area contributed by atoms with E-state index in [-0.39, 0.29) is 0 Å². The highest BCUT2D eigenvalue weighted by atomic mass is 32.1. The molecule has 0 fully saturated rings. The quantitative estimate of drug-likeness (QED) is 0.543. The monoisotopic (exact) mass is 183 g/mol. The Morgan fingerprint density at radius 1 is 1.83 bits per heavy atom. The fourth-order valence-electron chi connectivity index (χ4n) is 0.602. The second kappa shape index (κ2) is 4.50. The maximum Gasteiger partial charge on any atom is 0.175 e. The van der Waals surface area contributed by atoms with E-state index in [4.69, 9.17) is 12.2 Å². The summed E-state index contributed by atoms with van der Waals surface area (Å²) in [7, 11) is 0. The highest BCUT2D eigenvalue weighted by Gasteiger charge is 1.96. The van der Waals surface area contributed by atoms with Crippen LogP contribution in [0.15, 0.2) is 29.5 Å². The number of anilines is 1. The lowest BCUT2D eigenvalue weighted by atomic mass is 10.6. The molecule has 0 unspecified atom stereocenters. The van der Waals surface area contributed by atoms with Crippen LogP contribution in [-0.2, 0) is 0 Å². The first kappa shape index (κ1) is 8.73. The lowest BCUT2D eigenvalue weighted by Crippen LogP contribution is -2.28. The topological polar surface area (TPSA) is 50.1 Å². The van der Waals surface area contributed by atoms with Gasteiger partial charge in [0, 0.05) is 12.6 Å². The van der Waals surface area contributed by atoms with Crippen LogP contribution in [0.3, 0.4) is 0 Å². The van der Waals surface area contributed by atoms with E-state index < -0.39 is 0 Å². The second-order valence-electron chi connectivity index (χ2n) is 2.01. The molecule has 0 aliphatic carbocycles. The van der Waals surface area contributed by atoms with E-state index in [2.05, 4.69) is 26.9 Å². The summed E-state index contributed by atoms with van der Waals surface area (Å²) in [5.41, 5.74) is 0. The van der Waals surface area contributed by atoms with Crippen molar-refractivity contribution in [2.75, 3.05) is 11.9 Å². The Labute approximate surface area is 75.6 Å². The number of hydrogen-bond acceptors (Lipinski definition) is 3. The van der Waals surface area contributed by atoms with Gasteiger partial charge in [0.25, 0.3) is 0 Å². The Bertz CT molecular complexity index is 258. The molecule has 12 heavy (non-hydrogen) atoms. The van der Waals surface area contributed by atoms with Gasteiger partial charge in [0.15, 0.2) is 10.9 Å². The van der Waals surface area contributed by atoms with Gasteiger partial charge in [-0.05, 0) is 12.2 Å². The van der Waals surface area contributed by atoms with Gasteiger partial charge in [0.05, 0.1) is 0 Å². The first-order valence-corrected chi connectivity index (χ1v) is 3.80. The van der Waals surface area contributed by atoms with Gasteiger partial charge in [0.1, 0.15) is 6.26 Å². The van der Waals surface area contributed by atoms with E-state index in [1.165, 1.54) is 6.26 Å². The maximum atomic E-state index is 4.92. The molecule has 1 rings (SSSR count). The lowest BCUT2D eigenvalue weighted by molar-refractivity contribution is 0.423.